The van der Waals surface area contributed by atoms with Gasteiger partial charge in [0.2, 0.25) is 0 Å². The molecule has 0 spiro atoms. The van der Waals surface area contributed by atoms with E-state index in [4.69, 9.17) is 24.3 Å². The van der Waals surface area contributed by atoms with Gasteiger partial charge in [-0.2, -0.15) is 19.4 Å². The minimum Gasteiger partial charge on any atom is -0.465 e. The number of aromatic nitrogens is 4. The molecule has 4 rings (SSSR count). The molecule has 0 saturated carbocycles. The Hall–Kier alpha value is -4.08. The van der Waals surface area contributed by atoms with E-state index in [2.05, 4.69) is 27.0 Å². The number of hydrogen-bond acceptors (Lipinski definition) is 11. The van der Waals surface area contributed by atoms with Gasteiger partial charge in [-0.05, 0) is 49.6 Å². The van der Waals surface area contributed by atoms with Gasteiger partial charge >= 0.3 is 19.8 Å². The zero-order valence-corrected chi connectivity index (χ0v) is 34.6. The highest BCUT2D eigenvalue weighted by Gasteiger charge is 2.41. The number of nitrogens with one attached hydrogen (secondary N) is 1. The van der Waals surface area contributed by atoms with Gasteiger partial charge in [0.1, 0.15) is 40.6 Å². The Morgan fingerprint density at radius 1 is 0.931 bits per heavy atom. The lowest BCUT2D eigenvalue weighted by Gasteiger charge is -2.34. The van der Waals surface area contributed by atoms with Crippen LogP contribution in [0, 0.1) is 17.7 Å². The molecular weight excluding hydrogens is 776 g/mol. The van der Waals surface area contributed by atoms with Gasteiger partial charge in [-0.1, -0.05) is 102 Å². The van der Waals surface area contributed by atoms with E-state index in [0.717, 1.165) is 37.8 Å². The summed E-state index contributed by atoms with van der Waals surface area (Å²) < 4.78 is 81.5. The standard InChI is InChI=1S/C41H58F3N6O7P/c1-4-5-6-7-8-9-10-11-12-13-14-15-19-22-55-39(52)34(25-30-23-31(42)26-32(43)24-30)49-58(53,57-33-20-17-16-18-21-33)56-28-41(2,54-3)35(51)27-50-29-46-36-37(45)47-40(44)48-38(36)50/h16-18,20-21,23-24,26,29,34-35,51H,4-15,19,22,25,27-28H2,1-3H3,(H,49,53)(H2,45,47,48)/t34-,35-,41+,58?/m0/s1. The number of imidazole rings is 1. The first-order valence-corrected chi connectivity index (χ1v) is 21.6. The largest absolute Gasteiger partial charge is 0.465 e. The van der Waals surface area contributed by atoms with E-state index in [1.54, 1.807) is 18.2 Å². The second-order valence-corrected chi connectivity index (χ2v) is 16.4. The maximum atomic E-state index is 14.6. The Bertz CT molecular complexity index is 1890. The van der Waals surface area contributed by atoms with Crippen LogP contribution >= 0.6 is 7.75 Å². The summed E-state index contributed by atoms with van der Waals surface area (Å²) in [6, 6.07) is 9.38. The van der Waals surface area contributed by atoms with Crippen molar-refractivity contribution in [3.8, 4) is 5.75 Å². The number of carbonyl (C=O) groups excluding carboxylic acids is 1. The van der Waals surface area contributed by atoms with Gasteiger partial charge in [0.05, 0.1) is 26.1 Å². The number of nitrogen functional groups attached to an aromatic ring is 1. The number of anilines is 1. The molecule has 0 saturated heterocycles. The third-order valence-corrected chi connectivity index (χ3v) is 11.5. The Kier molecular flexibility index (Phi) is 18.9. The number of aliphatic hydroxyl groups excluding tert-OH is 1. The number of rotatable bonds is 28. The summed E-state index contributed by atoms with van der Waals surface area (Å²) in [4.78, 5) is 24.9. The van der Waals surface area contributed by atoms with Crippen molar-refractivity contribution in [2.45, 2.75) is 128 Å². The lowest BCUT2D eigenvalue weighted by molar-refractivity contribution is -0.146. The number of carbonyl (C=O) groups is 1. The molecule has 4 atom stereocenters. The fraction of sp³-hybridized carbons (Fsp3) is 0.561. The normalized spacial score (nSPS) is 14.8. The van der Waals surface area contributed by atoms with E-state index in [1.165, 1.54) is 88.4 Å². The van der Waals surface area contributed by atoms with Crippen LogP contribution in [0.2, 0.25) is 0 Å². The van der Waals surface area contributed by atoms with E-state index >= 15 is 0 Å². The number of methoxy groups -OCH3 is 1. The predicted octanol–water partition coefficient (Wildman–Crippen LogP) is 8.63. The highest BCUT2D eigenvalue weighted by molar-refractivity contribution is 7.52. The number of esters is 1. The maximum Gasteiger partial charge on any atom is 0.459 e. The topological polar surface area (TPSA) is 173 Å². The molecule has 2 aromatic heterocycles. The Morgan fingerprint density at radius 2 is 1.53 bits per heavy atom. The molecule has 13 nitrogen and oxygen atoms in total. The first kappa shape index (κ1) is 46.6. The molecule has 0 radical (unpaired) electrons. The lowest BCUT2D eigenvalue weighted by Crippen LogP contribution is -2.48. The van der Waals surface area contributed by atoms with Crippen molar-refractivity contribution in [1.29, 1.82) is 0 Å². The van der Waals surface area contributed by atoms with Crippen LogP contribution < -0.4 is 15.3 Å². The molecule has 320 valence electrons. The van der Waals surface area contributed by atoms with Crippen LogP contribution in [0.4, 0.5) is 19.0 Å². The minimum absolute atomic E-state index is 0.0251. The first-order valence-electron chi connectivity index (χ1n) is 20.1. The number of para-hydroxylation sites is 1. The third-order valence-electron chi connectivity index (χ3n) is 9.95. The van der Waals surface area contributed by atoms with E-state index < -0.39 is 55.8 Å². The molecular formula is C41H58F3N6O7P. The van der Waals surface area contributed by atoms with Crippen molar-refractivity contribution in [3.05, 3.63) is 78.1 Å². The van der Waals surface area contributed by atoms with Crippen molar-refractivity contribution < 1.29 is 46.2 Å². The zero-order valence-electron chi connectivity index (χ0n) is 33.7. The molecule has 0 aliphatic heterocycles. The molecule has 0 bridgehead atoms. The monoisotopic (exact) mass is 834 g/mol. The van der Waals surface area contributed by atoms with Gasteiger partial charge in [0.25, 0.3) is 0 Å². The third kappa shape index (κ3) is 14.9. The number of ether oxygens (including phenoxy) is 2. The maximum absolute atomic E-state index is 14.6. The molecule has 4 aromatic rings. The van der Waals surface area contributed by atoms with Crippen LogP contribution in [0.15, 0.2) is 54.9 Å². The zero-order chi connectivity index (χ0) is 42.0. The van der Waals surface area contributed by atoms with Crippen LogP contribution in [0.5, 0.6) is 5.75 Å². The number of nitrogens with two attached hydrogens (primary N) is 1. The number of unbranched alkanes of at least 4 members (excludes halogenated alkanes) is 12. The van der Waals surface area contributed by atoms with Crippen molar-refractivity contribution in [3.63, 3.8) is 0 Å². The molecule has 0 fully saturated rings. The number of fused-ring (bicyclic) bond motifs is 1. The number of benzene rings is 2. The van der Waals surface area contributed by atoms with Gasteiger partial charge in [-0.25, -0.2) is 18.3 Å². The van der Waals surface area contributed by atoms with Crippen molar-refractivity contribution in [1.82, 2.24) is 24.6 Å². The van der Waals surface area contributed by atoms with Crippen LogP contribution in [-0.4, -0.2) is 68.7 Å². The number of halogens is 3. The molecule has 17 heteroatoms. The van der Waals surface area contributed by atoms with E-state index in [9.17, 15) is 27.6 Å². The Labute approximate surface area is 338 Å². The van der Waals surface area contributed by atoms with Gasteiger partial charge in [-0.3, -0.25) is 9.32 Å². The molecule has 58 heavy (non-hydrogen) atoms. The second-order valence-electron chi connectivity index (χ2n) is 14.7. The Morgan fingerprint density at radius 3 is 2.14 bits per heavy atom. The molecule has 0 amide bonds. The van der Waals surface area contributed by atoms with Crippen molar-refractivity contribution in [2.24, 2.45) is 0 Å². The van der Waals surface area contributed by atoms with Gasteiger partial charge in [0, 0.05) is 13.2 Å². The molecule has 0 aliphatic rings. The van der Waals surface area contributed by atoms with Crippen LogP contribution in [0.1, 0.15) is 103 Å². The van der Waals surface area contributed by atoms with Crippen molar-refractivity contribution >= 4 is 30.7 Å². The SMILES string of the molecule is CCCCCCCCCCCCCCCOC(=O)[C@H](Cc1cc(F)cc(F)c1)NP(=O)(OC[C@@](C)(OC)[C@@H](O)Cn1cnc2c(N)nc(F)nc21)Oc1ccccc1. The van der Waals surface area contributed by atoms with Crippen LogP contribution in [0.25, 0.3) is 11.2 Å². The first-order chi connectivity index (χ1) is 27.8. The fourth-order valence-electron chi connectivity index (χ4n) is 6.40. The molecule has 2 heterocycles. The number of hydrogen-bond donors (Lipinski definition) is 3. The van der Waals surface area contributed by atoms with Crippen LogP contribution in [0.3, 0.4) is 0 Å². The second kappa shape index (κ2) is 23.5. The van der Waals surface area contributed by atoms with Gasteiger partial charge in [0.15, 0.2) is 11.5 Å². The lowest BCUT2D eigenvalue weighted by atomic mass is 10.00. The summed E-state index contributed by atoms with van der Waals surface area (Å²) in [5.41, 5.74) is 4.42. The quantitative estimate of drug-likeness (QED) is 0.0216. The van der Waals surface area contributed by atoms with E-state index in [0.29, 0.717) is 12.5 Å². The summed E-state index contributed by atoms with van der Waals surface area (Å²) in [7, 11) is -3.30. The summed E-state index contributed by atoms with van der Waals surface area (Å²) in [5, 5.41) is 14.0. The summed E-state index contributed by atoms with van der Waals surface area (Å²) >= 11 is 0. The molecule has 4 N–H and O–H groups in total. The predicted molar refractivity (Wildman–Crippen MR) is 215 cm³/mol. The average molecular weight is 835 g/mol. The molecule has 2 aromatic carbocycles. The average Bonchev–Trinajstić information content (AvgIpc) is 3.59. The fourth-order valence-corrected chi connectivity index (χ4v) is 7.98. The molecule has 0 aliphatic carbocycles. The molecule has 1 unspecified atom stereocenters. The highest BCUT2D eigenvalue weighted by Crippen LogP contribution is 2.46. The van der Waals surface area contributed by atoms with Crippen LogP contribution in [-0.2, 0) is 36.3 Å². The number of nitrogens with zero attached hydrogens (tertiary/aromatic N) is 4. The number of aliphatic hydroxyl groups is 1. The summed E-state index contributed by atoms with van der Waals surface area (Å²) in [5.74, 6) is -2.63. The van der Waals surface area contributed by atoms with Gasteiger partial charge in [-0.15, -0.1) is 0 Å². The Balaban J connectivity index is 1.42. The van der Waals surface area contributed by atoms with E-state index in [1.807, 2.05) is 0 Å². The highest BCUT2D eigenvalue weighted by atomic mass is 31.2. The van der Waals surface area contributed by atoms with E-state index in [-0.39, 0.29) is 47.9 Å². The van der Waals surface area contributed by atoms with Gasteiger partial charge < -0.3 is 29.4 Å². The smallest absolute Gasteiger partial charge is 0.459 e. The summed E-state index contributed by atoms with van der Waals surface area (Å²) in [6.07, 6.45) is 13.4. The van der Waals surface area contributed by atoms with Crippen molar-refractivity contribution in [2.75, 3.05) is 26.1 Å². The summed E-state index contributed by atoms with van der Waals surface area (Å²) in [6.45, 7) is 2.96. The minimum atomic E-state index is -4.59.